The van der Waals surface area contributed by atoms with Crippen LogP contribution < -0.4 is 10.1 Å². The second-order valence-corrected chi connectivity index (χ2v) is 7.90. The summed E-state index contributed by atoms with van der Waals surface area (Å²) in [7, 11) is 0. The lowest BCUT2D eigenvalue weighted by Crippen LogP contribution is -2.38. The molecule has 3 rings (SSSR count). The van der Waals surface area contributed by atoms with E-state index in [0.717, 1.165) is 10.6 Å². The number of rotatable bonds is 6. The van der Waals surface area contributed by atoms with E-state index in [4.69, 9.17) is 9.47 Å². The molecule has 0 bridgehead atoms. The molecule has 2 aromatic rings. The molecular formula is C20H25N3O4S. The predicted molar refractivity (Wildman–Crippen MR) is 108 cm³/mol. The van der Waals surface area contributed by atoms with Crippen molar-refractivity contribution in [1.29, 1.82) is 0 Å². The van der Waals surface area contributed by atoms with E-state index in [9.17, 15) is 9.59 Å². The van der Waals surface area contributed by atoms with Gasteiger partial charge in [0, 0.05) is 17.8 Å². The molecule has 1 N–H and O–H groups in total. The number of carbonyl (C=O) groups excluding carboxylic acids is 2. The number of aromatic nitrogens is 1. The highest BCUT2D eigenvalue weighted by Gasteiger charge is 2.25. The zero-order valence-electron chi connectivity index (χ0n) is 16.4. The van der Waals surface area contributed by atoms with E-state index in [1.165, 1.54) is 16.9 Å². The molecule has 2 heterocycles. The zero-order chi connectivity index (χ0) is 20.1. The van der Waals surface area contributed by atoms with E-state index < -0.39 is 6.09 Å². The number of nitrogens with zero attached hydrogens (tertiary/aromatic N) is 2. The number of anilines is 1. The van der Waals surface area contributed by atoms with Crippen LogP contribution in [-0.2, 0) is 22.5 Å². The molecule has 0 spiro atoms. The van der Waals surface area contributed by atoms with Gasteiger partial charge in [-0.25, -0.2) is 9.78 Å². The van der Waals surface area contributed by atoms with Gasteiger partial charge in [0.2, 0.25) is 0 Å². The van der Waals surface area contributed by atoms with Gasteiger partial charge in [-0.2, -0.15) is 0 Å². The normalized spacial score (nSPS) is 13.2. The Morgan fingerprint density at radius 1 is 1.29 bits per heavy atom. The maximum absolute atomic E-state index is 12.5. The van der Waals surface area contributed by atoms with Crippen molar-refractivity contribution < 1.29 is 19.1 Å². The second kappa shape index (κ2) is 9.05. The Labute approximate surface area is 168 Å². The molecule has 0 fully saturated rings. The number of hydrogen-bond acceptors (Lipinski definition) is 6. The minimum atomic E-state index is -0.515. The zero-order valence-corrected chi connectivity index (χ0v) is 17.2. The smallest absolute Gasteiger partial charge is 0.413 e. The molecule has 0 saturated heterocycles. The van der Waals surface area contributed by atoms with Gasteiger partial charge in [0.15, 0.2) is 11.7 Å². The van der Waals surface area contributed by atoms with Crippen molar-refractivity contribution in [2.24, 2.45) is 0 Å². The minimum Gasteiger partial charge on any atom is -0.484 e. The third-order valence-corrected chi connectivity index (χ3v) is 5.48. The van der Waals surface area contributed by atoms with E-state index in [2.05, 4.69) is 24.1 Å². The van der Waals surface area contributed by atoms with Crippen LogP contribution in [0.15, 0.2) is 24.3 Å². The van der Waals surface area contributed by atoms with Crippen molar-refractivity contribution >= 4 is 28.5 Å². The number of benzene rings is 1. The number of fused-ring (bicyclic) bond motifs is 1. The highest BCUT2D eigenvalue weighted by atomic mass is 32.1. The third kappa shape index (κ3) is 5.01. The van der Waals surface area contributed by atoms with Gasteiger partial charge in [-0.05, 0) is 30.5 Å². The van der Waals surface area contributed by atoms with Crippen LogP contribution in [0.5, 0.6) is 5.75 Å². The van der Waals surface area contributed by atoms with Crippen LogP contribution in [0.25, 0.3) is 0 Å². The fraction of sp³-hybridized carbons (Fsp3) is 0.450. The minimum absolute atomic E-state index is 0.00307. The highest BCUT2D eigenvalue weighted by Crippen LogP contribution is 2.28. The quantitative estimate of drug-likeness (QED) is 0.793. The van der Waals surface area contributed by atoms with Crippen molar-refractivity contribution in [2.45, 2.75) is 39.7 Å². The summed E-state index contributed by atoms with van der Waals surface area (Å²) in [4.78, 5) is 31.2. The van der Waals surface area contributed by atoms with Crippen molar-refractivity contribution in [3.8, 4) is 5.75 Å². The van der Waals surface area contributed by atoms with Crippen LogP contribution in [-0.4, -0.2) is 41.6 Å². The average Bonchev–Trinajstić information content (AvgIpc) is 3.07. The van der Waals surface area contributed by atoms with Crippen LogP contribution in [0, 0.1) is 0 Å². The van der Waals surface area contributed by atoms with Crippen molar-refractivity contribution in [2.75, 3.05) is 25.1 Å². The van der Waals surface area contributed by atoms with Gasteiger partial charge < -0.3 is 14.4 Å². The molecule has 1 aromatic heterocycles. The summed E-state index contributed by atoms with van der Waals surface area (Å²) < 4.78 is 10.5. The molecule has 28 heavy (non-hydrogen) atoms. The first-order valence-electron chi connectivity index (χ1n) is 9.39. The van der Waals surface area contributed by atoms with Gasteiger partial charge in [0.05, 0.1) is 18.8 Å². The monoisotopic (exact) mass is 403 g/mol. The lowest BCUT2D eigenvalue weighted by atomic mass is 10.0. The van der Waals surface area contributed by atoms with Crippen LogP contribution in [0.2, 0.25) is 0 Å². The summed E-state index contributed by atoms with van der Waals surface area (Å²) in [6, 6.07) is 7.83. The molecule has 8 heteroatoms. The van der Waals surface area contributed by atoms with E-state index in [1.807, 2.05) is 24.3 Å². The van der Waals surface area contributed by atoms with Gasteiger partial charge in [0.25, 0.3) is 5.91 Å². The Kier molecular flexibility index (Phi) is 6.51. The molecular weight excluding hydrogens is 378 g/mol. The lowest BCUT2D eigenvalue weighted by Gasteiger charge is -2.26. The average molecular weight is 404 g/mol. The Bertz CT molecular complexity index is 832. The molecule has 0 radical (unpaired) electrons. The topological polar surface area (TPSA) is 80.8 Å². The van der Waals surface area contributed by atoms with E-state index in [1.54, 1.807) is 11.8 Å². The Balaban J connectivity index is 1.53. The first-order valence-corrected chi connectivity index (χ1v) is 10.2. The molecule has 1 aliphatic heterocycles. The highest BCUT2D eigenvalue weighted by molar-refractivity contribution is 7.15. The largest absolute Gasteiger partial charge is 0.484 e. The summed E-state index contributed by atoms with van der Waals surface area (Å²) in [6.45, 7) is 7.39. The Morgan fingerprint density at radius 3 is 2.71 bits per heavy atom. The summed E-state index contributed by atoms with van der Waals surface area (Å²) in [5.41, 5.74) is 2.16. The Hall–Kier alpha value is -2.61. The standard InChI is InChI=1S/C20H25N3O4S/c1-4-26-20(25)22-19-21-16-9-10-23(11-17(16)28-19)18(24)12-27-15-7-5-14(6-8-15)13(2)3/h5-8,13H,4,9-12H2,1-3H3,(H,21,22,25). The SMILES string of the molecule is CCOC(=O)Nc1nc2c(s1)CN(C(=O)COc1ccc(C(C)C)cc1)CC2. The number of thiazole rings is 1. The van der Waals surface area contributed by atoms with Crippen LogP contribution in [0.4, 0.5) is 9.93 Å². The summed E-state index contributed by atoms with van der Waals surface area (Å²) in [5, 5.41) is 3.12. The molecule has 1 aromatic carbocycles. The molecule has 0 saturated carbocycles. The summed E-state index contributed by atoms with van der Waals surface area (Å²) >= 11 is 1.37. The second-order valence-electron chi connectivity index (χ2n) is 6.81. The molecule has 150 valence electrons. The van der Waals surface area contributed by atoms with Crippen molar-refractivity contribution in [1.82, 2.24) is 9.88 Å². The summed E-state index contributed by atoms with van der Waals surface area (Å²) in [6.07, 6.45) is 0.143. The molecule has 0 unspecified atom stereocenters. The van der Waals surface area contributed by atoms with Gasteiger partial charge in [-0.1, -0.05) is 37.3 Å². The van der Waals surface area contributed by atoms with Crippen molar-refractivity contribution in [3.63, 3.8) is 0 Å². The molecule has 0 atom stereocenters. The Morgan fingerprint density at radius 2 is 2.04 bits per heavy atom. The van der Waals surface area contributed by atoms with Gasteiger partial charge in [-0.15, -0.1) is 0 Å². The van der Waals surface area contributed by atoms with E-state index >= 15 is 0 Å². The number of nitrogens with one attached hydrogen (secondary N) is 1. The molecule has 0 aliphatic carbocycles. The van der Waals surface area contributed by atoms with Crippen LogP contribution in [0.3, 0.4) is 0 Å². The first kappa shape index (κ1) is 20.1. The first-order chi connectivity index (χ1) is 13.5. The molecule has 2 amide bonds. The lowest BCUT2D eigenvalue weighted by molar-refractivity contribution is -0.134. The van der Waals surface area contributed by atoms with Crippen molar-refractivity contribution in [3.05, 3.63) is 40.4 Å². The van der Waals surface area contributed by atoms with E-state index in [0.29, 0.717) is 42.9 Å². The third-order valence-electron chi connectivity index (χ3n) is 4.48. The van der Waals surface area contributed by atoms with Crippen LogP contribution >= 0.6 is 11.3 Å². The fourth-order valence-corrected chi connectivity index (χ4v) is 3.91. The van der Waals surface area contributed by atoms with Gasteiger partial charge >= 0.3 is 6.09 Å². The molecule has 7 nitrogen and oxygen atoms in total. The van der Waals surface area contributed by atoms with Gasteiger partial charge in [-0.3, -0.25) is 10.1 Å². The fourth-order valence-electron chi connectivity index (χ4n) is 2.90. The number of amides is 2. The van der Waals surface area contributed by atoms with Crippen LogP contribution in [0.1, 0.15) is 42.8 Å². The maximum atomic E-state index is 12.5. The number of ether oxygens (including phenoxy) is 2. The van der Waals surface area contributed by atoms with Gasteiger partial charge in [0.1, 0.15) is 5.75 Å². The molecule has 1 aliphatic rings. The number of carbonyl (C=O) groups is 2. The maximum Gasteiger partial charge on any atom is 0.413 e. The number of hydrogen-bond donors (Lipinski definition) is 1. The van der Waals surface area contributed by atoms with E-state index in [-0.39, 0.29) is 12.5 Å². The predicted octanol–water partition coefficient (Wildman–Crippen LogP) is 3.80. The summed E-state index contributed by atoms with van der Waals surface area (Å²) in [5.74, 6) is 1.09.